The number of nitrogens with one attached hydrogen (secondary N) is 1. The quantitative estimate of drug-likeness (QED) is 0.883. The van der Waals surface area contributed by atoms with Crippen LogP contribution >= 0.6 is 11.6 Å². The molecule has 100 valence electrons. The summed E-state index contributed by atoms with van der Waals surface area (Å²) >= 11 is 6.13. The first-order chi connectivity index (χ1) is 9.22. The lowest BCUT2D eigenvalue weighted by molar-refractivity contribution is 0.300. The molecule has 0 bridgehead atoms. The molecule has 0 aliphatic carbocycles. The summed E-state index contributed by atoms with van der Waals surface area (Å²) in [6.07, 6.45) is 0. The highest BCUT2D eigenvalue weighted by Crippen LogP contribution is 2.26. The Morgan fingerprint density at radius 3 is 2.53 bits per heavy atom. The highest BCUT2D eigenvalue weighted by molar-refractivity contribution is 6.31. The second kappa shape index (κ2) is 6.60. The molecular formula is C16H18ClNO. The molecule has 2 rings (SSSR count). The van der Waals surface area contributed by atoms with Crippen molar-refractivity contribution in [3.05, 3.63) is 64.7 Å². The largest absolute Gasteiger partial charge is 0.489 e. The Morgan fingerprint density at radius 2 is 1.79 bits per heavy atom. The highest BCUT2D eigenvalue weighted by Gasteiger charge is 2.09. The molecule has 0 spiro atoms. The van der Waals surface area contributed by atoms with Crippen LogP contribution in [-0.4, -0.2) is 7.05 Å². The molecule has 1 N–H and O–H groups in total. The number of rotatable bonds is 5. The van der Waals surface area contributed by atoms with E-state index >= 15 is 0 Å². The molecule has 2 nitrogen and oxygen atoms in total. The zero-order valence-corrected chi connectivity index (χ0v) is 11.9. The number of benzene rings is 2. The Labute approximate surface area is 119 Å². The van der Waals surface area contributed by atoms with Crippen molar-refractivity contribution in [2.75, 3.05) is 7.05 Å². The van der Waals surface area contributed by atoms with Gasteiger partial charge in [0.2, 0.25) is 0 Å². The van der Waals surface area contributed by atoms with E-state index in [0.717, 1.165) is 21.9 Å². The van der Waals surface area contributed by atoms with Gasteiger partial charge in [0.05, 0.1) is 0 Å². The van der Waals surface area contributed by atoms with Crippen LogP contribution in [-0.2, 0) is 6.61 Å². The van der Waals surface area contributed by atoms with Crippen molar-refractivity contribution in [1.29, 1.82) is 0 Å². The van der Waals surface area contributed by atoms with Crippen molar-refractivity contribution in [2.45, 2.75) is 19.6 Å². The minimum Gasteiger partial charge on any atom is -0.489 e. The van der Waals surface area contributed by atoms with Gasteiger partial charge in [-0.1, -0.05) is 48.0 Å². The summed E-state index contributed by atoms with van der Waals surface area (Å²) in [5.74, 6) is 0.893. The normalized spacial score (nSPS) is 12.2. The van der Waals surface area contributed by atoms with Crippen molar-refractivity contribution >= 4 is 11.6 Å². The Bertz CT molecular complexity index is 542. The summed E-state index contributed by atoms with van der Waals surface area (Å²) < 4.78 is 5.90. The topological polar surface area (TPSA) is 21.3 Å². The predicted octanol–water partition coefficient (Wildman–Crippen LogP) is 4.20. The van der Waals surface area contributed by atoms with Gasteiger partial charge in [0.25, 0.3) is 0 Å². The first-order valence-corrected chi connectivity index (χ1v) is 6.72. The van der Waals surface area contributed by atoms with Gasteiger partial charge in [-0.25, -0.2) is 0 Å². The van der Waals surface area contributed by atoms with E-state index in [2.05, 4.69) is 18.3 Å². The lowest BCUT2D eigenvalue weighted by atomic mass is 10.1. The molecule has 2 aromatic rings. The lowest BCUT2D eigenvalue weighted by Gasteiger charge is -2.16. The van der Waals surface area contributed by atoms with Crippen LogP contribution in [0.25, 0.3) is 0 Å². The van der Waals surface area contributed by atoms with E-state index in [1.165, 1.54) is 0 Å². The van der Waals surface area contributed by atoms with Crippen LogP contribution < -0.4 is 10.1 Å². The van der Waals surface area contributed by atoms with Gasteiger partial charge in [-0.3, -0.25) is 0 Å². The second-order valence-electron chi connectivity index (χ2n) is 4.43. The van der Waals surface area contributed by atoms with Gasteiger partial charge in [0, 0.05) is 22.2 Å². The fourth-order valence-electron chi connectivity index (χ4n) is 1.90. The maximum absolute atomic E-state index is 6.13. The molecule has 0 saturated carbocycles. The third-order valence-corrected chi connectivity index (χ3v) is 3.53. The molecule has 0 amide bonds. The maximum Gasteiger partial charge on any atom is 0.124 e. The fourth-order valence-corrected chi connectivity index (χ4v) is 2.09. The van der Waals surface area contributed by atoms with Gasteiger partial charge in [-0.15, -0.1) is 0 Å². The Kier molecular flexibility index (Phi) is 4.83. The van der Waals surface area contributed by atoms with Crippen molar-refractivity contribution in [3.8, 4) is 5.75 Å². The van der Waals surface area contributed by atoms with Crippen LogP contribution in [0.3, 0.4) is 0 Å². The molecular weight excluding hydrogens is 258 g/mol. The molecule has 3 heteroatoms. The average molecular weight is 276 g/mol. The smallest absolute Gasteiger partial charge is 0.124 e. The minimum absolute atomic E-state index is 0.252. The summed E-state index contributed by atoms with van der Waals surface area (Å²) in [6.45, 7) is 2.59. The van der Waals surface area contributed by atoms with Gasteiger partial charge in [0.1, 0.15) is 12.4 Å². The zero-order chi connectivity index (χ0) is 13.7. The molecule has 19 heavy (non-hydrogen) atoms. The monoisotopic (exact) mass is 275 g/mol. The molecule has 0 aliphatic heterocycles. The Morgan fingerprint density at radius 1 is 1.11 bits per heavy atom. The average Bonchev–Trinajstić information content (AvgIpc) is 2.46. The highest BCUT2D eigenvalue weighted by atomic mass is 35.5. The van der Waals surface area contributed by atoms with Crippen molar-refractivity contribution in [3.63, 3.8) is 0 Å². The van der Waals surface area contributed by atoms with E-state index in [1.807, 2.05) is 49.5 Å². The first kappa shape index (κ1) is 13.9. The summed E-state index contributed by atoms with van der Waals surface area (Å²) in [7, 11) is 1.94. The molecule has 1 unspecified atom stereocenters. The summed E-state index contributed by atoms with van der Waals surface area (Å²) in [6, 6.07) is 16.1. The number of hydrogen-bond acceptors (Lipinski definition) is 2. The van der Waals surface area contributed by atoms with E-state index in [4.69, 9.17) is 16.3 Å². The number of halogens is 1. The number of hydrogen-bond donors (Lipinski definition) is 1. The van der Waals surface area contributed by atoms with Gasteiger partial charge >= 0.3 is 0 Å². The standard InChI is InChI=1S/C16H18ClNO/c1-12(18-2)14-8-4-6-10-16(14)19-11-13-7-3-5-9-15(13)17/h3-10,12,18H,11H2,1-2H3. The summed E-state index contributed by atoms with van der Waals surface area (Å²) in [4.78, 5) is 0. The van der Waals surface area contributed by atoms with Crippen LogP contribution in [0.5, 0.6) is 5.75 Å². The van der Waals surface area contributed by atoms with E-state index in [0.29, 0.717) is 6.61 Å². The Balaban J connectivity index is 2.14. The second-order valence-corrected chi connectivity index (χ2v) is 4.84. The van der Waals surface area contributed by atoms with Crippen molar-refractivity contribution in [2.24, 2.45) is 0 Å². The first-order valence-electron chi connectivity index (χ1n) is 6.34. The molecule has 2 aromatic carbocycles. The zero-order valence-electron chi connectivity index (χ0n) is 11.2. The molecule has 0 aliphatic rings. The fraction of sp³-hybridized carbons (Fsp3) is 0.250. The van der Waals surface area contributed by atoms with E-state index in [9.17, 15) is 0 Å². The maximum atomic E-state index is 6.13. The number of ether oxygens (including phenoxy) is 1. The van der Waals surface area contributed by atoms with Crippen LogP contribution in [0.2, 0.25) is 5.02 Å². The molecule has 0 fully saturated rings. The summed E-state index contributed by atoms with van der Waals surface area (Å²) in [5.41, 5.74) is 2.15. The van der Waals surface area contributed by atoms with Crippen LogP contribution in [0, 0.1) is 0 Å². The van der Waals surface area contributed by atoms with E-state index in [-0.39, 0.29) is 6.04 Å². The van der Waals surface area contributed by atoms with Crippen LogP contribution in [0.4, 0.5) is 0 Å². The van der Waals surface area contributed by atoms with Crippen LogP contribution in [0.15, 0.2) is 48.5 Å². The van der Waals surface area contributed by atoms with Crippen LogP contribution in [0.1, 0.15) is 24.1 Å². The van der Waals surface area contributed by atoms with Crippen molar-refractivity contribution in [1.82, 2.24) is 5.32 Å². The molecule has 0 aromatic heterocycles. The molecule has 0 saturated heterocycles. The van der Waals surface area contributed by atoms with E-state index in [1.54, 1.807) is 0 Å². The van der Waals surface area contributed by atoms with Crippen molar-refractivity contribution < 1.29 is 4.74 Å². The molecule has 0 heterocycles. The lowest BCUT2D eigenvalue weighted by Crippen LogP contribution is -2.13. The molecule has 1 atom stereocenters. The third-order valence-electron chi connectivity index (χ3n) is 3.16. The van der Waals surface area contributed by atoms with Gasteiger partial charge in [-0.2, -0.15) is 0 Å². The minimum atomic E-state index is 0.252. The van der Waals surface area contributed by atoms with Gasteiger partial charge in [-0.05, 0) is 26.1 Å². The number of para-hydroxylation sites is 1. The predicted molar refractivity (Wildman–Crippen MR) is 79.7 cm³/mol. The van der Waals surface area contributed by atoms with E-state index < -0.39 is 0 Å². The Hall–Kier alpha value is -1.51. The van der Waals surface area contributed by atoms with Gasteiger partial charge in [0.15, 0.2) is 0 Å². The SMILES string of the molecule is CNC(C)c1ccccc1OCc1ccccc1Cl. The third kappa shape index (κ3) is 3.49. The molecule has 0 radical (unpaired) electrons. The summed E-state index contributed by atoms with van der Waals surface area (Å²) in [5, 5.41) is 3.96. The van der Waals surface area contributed by atoms with Gasteiger partial charge < -0.3 is 10.1 Å².